The number of halogens is 1. The van der Waals surface area contributed by atoms with Crippen LogP contribution in [0.1, 0.15) is 5.56 Å². The van der Waals surface area contributed by atoms with Crippen molar-refractivity contribution in [3.63, 3.8) is 0 Å². The lowest BCUT2D eigenvalue weighted by molar-refractivity contribution is 0.262. The number of para-hydroxylation sites is 1. The molecule has 92 valence electrons. The normalized spacial score (nSPS) is 9.89. The molecule has 0 atom stereocenters. The second-order valence-corrected chi connectivity index (χ2v) is 3.91. The van der Waals surface area contributed by atoms with Gasteiger partial charge >= 0.3 is 6.03 Å². The lowest BCUT2D eigenvalue weighted by Crippen LogP contribution is -2.19. The predicted molar refractivity (Wildman–Crippen MR) is 70.2 cm³/mol. The van der Waals surface area contributed by atoms with Crippen molar-refractivity contribution in [2.45, 2.75) is 6.92 Å². The molecule has 2 amide bonds. The SMILES string of the molecule is Cc1ccc(NC(=O)Nc2ccccc2)cc1F. The maximum Gasteiger partial charge on any atom is 0.323 e. The maximum atomic E-state index is 13.3. The molecule has 0 aromatic heterocycles. The monoisotopic (exact) mass is 244 g/mol. The van der Waals surface area contributed by atoms with Gasteiger partial charge in [0, 0.05) is 11.4 Å². The van der Waals surface area contributed by atoms with Gasteiger partial charge in [0.1, 0.15) is 5.82 Å². The molecule has 0 spiro atoms. The Balaban J connectivity index is 2.01. The van der Waals surface area contributed by atoms with Crippen LogP contribution in [0.25, 0.3) is 0 Å². The number of nitrogens with one attached hydrogen (secondary N) is 2. The molecule has 0 saturated carbocycles. The smallest absolute Gasteiger partial charge is 0.308 e. The van der Waals surface area contributed by atoms with Crippen molar-refractivity contribution in [2.75, 3.05) is 10.6 Å². The maximum absolute atomic E-state index is 13.3. The molecule has 0 fully saturated rings. The summed E-state index contributed by atoms with van der Waals surface area (Å²) in [6, 6.07) is 13.2. The minimum Gasteiger partial charge on any atom is -0.308 e. The first-order valence-electron chi connectivity index (χ1n) is 5.54. The van der Waals surface area contributed by atoms with E-state index in [1.807, 2.05) is 18.2 Å². The standard InChI is InChI=1S/C14H13FN2O/c1-10-7-8-12(9-13(10)15)17-14(18)16-11-5-3-2-4-6-11/h2-9H,1H3,(H2,16,17,18). The molecule has 18 heavy (non-hydrogen) atoms. The molecule has 4 heteroatoms. The minimum atomic E-state index is -0.399. The van der Waals surface area contributed by atoms with Crippen LogP contribution in [0.2, 0.25) is 0 Å². The summed E-state index contributed by atoms with van der Waals surface area (Å²) < 4.78 is 13.3. The lowest BCUT2D eigenvalue weighted by Gasteiger charge is -2.08. The van der Waals surface area contributed by atoms with Crippen LogP contribution in [-0.2, 0) is 0 Å². The summed E-state index contributed by atoms with van der Waals surface area (Å²) in [4.78, 5) is 11.6. The Morgan fingerprint density at radius 3 is 2.33 bits per heavy atom. The van der Waals surface area contributed by atoms with Crippen molar-refractivity contribution in [1.29, 1.82) is 0 Å². The second-order valence-electron chi connectivity index (χ2n) is 3.91. The Bertz CT molecular complexity index is 555. The molecule has 2 aromatic carbocycles. The van der Waals surface area contributed by atoms with E-state index in [9.17, 15) is 9.18 Å². The van der Waals surface area contributed by atoms with E-state index in [2.05, 4.69) is 10.6 Å². The average molecular weight is 244 g/mol. The molecule has 2 rings (SSSR count). The summed E-state index contributed by atoms with van der Waals surface area (Å²) in [5.74, 6) is -0.340. The highest BCUT2D eigenvalue weighted by molar-refractivity contribution is 5.99. The molecule has 0 saturated heterocycles. The zero-order valence-electron chi connectivity index (χ0n) is 9.91. The fraction of sp³-hybridized carbons (Fsp3) is 0.0714. The van der Waals surface area contributed by atoms with Crippen molar-refractivity contribution in [3.8, 4) is 0 Å². The number of aryl methyl sites for hydroxylation is 1. The Labute approximate surface area is 105 Å². The minimum absolute atomic E-state index is 0.340. The van der Waals surface area contributed by atoms with Gasteiger partial charge in [-0.2, -0.15) is 0 Å². The topological polar surface area (TPSA) is 41.1 Å². The van der Waals surface area contributed by atoms with Crippen LogP contribution in [0.4, 0.5) is 20.6 Å². The van der Waals surface area contributed by atoms with E-state index in [4.69, 9.17) is 0 Å². The Morgan fingerprint density at radius 2 is 1.67 bits per heavy atom. The summed E-state index contributed by atoms with van der Waals surface area (Å²) in [5.41, 5.74) is 1.65. The zero-order valence-corrected chi connectivity index (χ0v) is 9.91. The van der Waals surface area contributed by atoms with Gasteiger partial charge in [0.2, 0.25) is 0 Å². The van der Waals surface area contributed by atoms with Crippen LogP contribution >= 0.6 is 0 Å². The van der Waals surface area contributed by atoms with Gasteiger partial charge in [-0.05, 0) is 36.8 Å². The van der Waals surface area contributed by atoms with Crippen LogP contribution in [0, 0.1) is 12.7 Å². The Kier molecular flexibility index (Phi) is 3.57. The first kappa shape index (κ1) is 12.1. The van der Waals surface area contributed by atoms with E-state index in [1.165, 1.54) is 6.07 Å². The number of carbonyl (C=O) groups is 1. The number of hydrogen-bond acceptors (Lipinski definition) is 1. The summed E-state index contributed by atoms with van der Waals surface area (Å²) in [7, 11) is 0. The van der Waals surface area contributed by atoms with Crippen molar-refractivity contribution in [1.82, 2.24) is 0 Å². The molecule has 0 aliphatic rings. The molecular weight excluding hydrogens is 231 g/mol. The lowest BCUT2D eigenvalue weighted by atomic mass is 10.2. The third kappa shape index (κ3) is 3.07. The van der Waals surface area contributed by atoms with E-state index >= 15 is 0 Å². The first-order chi connectivity index (χ1) is 8.65. The largest absolute Gasteiger partial charge is 0.323 e. The van der Waals surface area contributed by atoms with E-state index < -0.39 is 6.03 Å². The average Bonchev–Trinajstić information content (AvgIpc) is 2.35. The van der Waals surface area contributed by atoms with Gasteiger partial charge < -0.3 is 10.6 Å². The quantitative estimate of drug-likeness (QED) is 0.829. The van der Waals surface area contributed by atoms with Gasteiger partial charge in [-0.3, -0.25) is 0 Å². The van der Waals surface area contributed by atoms with Gasteiger partial charge in [-0.25, -0.2) is 9.18 Å². The third-order valence-electron chi connectivity index (χ3n) is 2.46. The molecule has 0 aliphatic carbocycles. The fourth-order valence-corrected chi connectivity index (χ4v) is 1.49. The molecule has 0 bridgehead atoms. The van der Waals surface area contributed by atoms with Crippen LogP contribution in [0.3, 0.4) is 0 Å². The fourth-order valence-electron chi connectivity index (χ4n) is 1.49. The highest BCUT2D eigenvalue weighted by atomic mass is 19.1. The van der Waals surface area contributed by atoms with Crippen LogP contribution in [0.15, 0.2) is 48.5 Å². The number of carbonyl (C=O) groups excluding carboxylic acids is 1. The number of amides is 2. The van der Waals surface area contributed by atoms with E-state index in [-0.39, 0.29) is 5.82 Å². The van der Waals surface area contributed by atoms with Gasteiger partial charge in [0.15, 0.2) is 0 Å². The van der Waals surface area contributed by atoms with E-state index in [0.29, 0.717) is 16.9 Å². The Morgan fingerprint density at radius 1 is 1.00 bits per heavy atom. The number of hydrogen-bond donors (Lipinski definition) is 2. The molecule has 0 aliphatic heterocycles. The molecular formula is C14H13FN2O. The van der Waals surface area contributed by atoms with E-state index in [0.717, 1.165) is 0 Å². The van der Waals surface area contributed by atoms with Gasteiger partial charge in [-0.15, -0.1) is 0 Å². The van der Waals surface area contributed by atoms with Gasteiger partial charge in [-0.1, -0.05) is 24.3 Å². The third-order valence-corrected chi connectivity index (χ3v) is 2.46. The van der Waals surface area contributed by atoms with Crippen LogP contribution in [-0.4, -0.2) is 6.03 Å². The predicted octanol–water partition coefficient (Wildman–Crippen LogP) is 3.78. The molecule has 0 radical (unpaired) electrons. The van der Waals surface area contributed by atoms with Crippen LogP contribution < -0.4 is 10.6 Å². The van der Waals surface area contributed by atoms with Gasteiger partial charge in [0.25, 0.3) is 0 Å². The van der Waals surface area contributed by atoms with E-state index in [1.54, 1.807) is 31.2 Å². The zero-order chi connectivity index (χ0) is 13.0. The van der Waals surface area contributed by atoms with Crippen molar-refractivity contribution >= 4 is 17.4 Å². The number of rotatable bonds is 2. The number of anilines is 2. The number of urea groups is 1. The Hall–Kier alpha value is -2.36. The van der Waals surface area contributed by atoms with Gasteiger partial charge in [0.05, 0.1) is 0 Å². The summed E-state index contributed by atoms with van der Waals surface area (Å²) in [5, 5.41) is 5.22. The molecule has 2 N–H and O–H groups in total. The van der Waals surface area contributed by atoms with Crippen molar-refractivity contribution < 1.29 is 9.18 Å². The van der Waals surface area contributed by atoms with Crippen molar-refractivity contribution in [3.05, 3.63) is 59.9 Å². The first-order valence-corrected chi connectivity index (χ1v) is 5.54. The molecule has 0 heterocycles. The molecule has 3 nitrogen and oxygen atoms in total. The van der Waals surface area contributed by atoms with Crippen LogP contribution in [0.5, 0.6) is 0 Å². The molecule has 0 unspecified atom stereocenters. The summed E-state index contributed by atoms with van der Waals surface area (Å²) in [6.45, 7) is 1.67. The number of benzene rings is 2. The second kappa shape index (κ2) is 5.31. The highest BCUT2D eigenvalue weighted by Crippen LogP contribution is 2.14. The summed E-state index contributed by atoms with van der Waals surface area (Å²) in [6.07, 6.45) is 0. The molecule has 2 aromatic rings. The summed E-state index contributed by atoms with van der Waals surface area (Å²) >= 11 is 0. The highest BCUT2D eigenvalue weighted by Gasteiger charge is 2.04. The van der Waals surface area contributed by atoms with Crippen molar-refractivity contribution in [2.24, 2.45) is 0 Å².